The van der Waals surface area contributed by atoms with E-state index in [2.05, 4.69) is 15.3 Å². The number of aliphatic imine (C=N–C) groups is 1. The van der Waals surface area contributed by atoms with Gasteiger partial charge in [-0.3, -0.25) is 0 Å². The van der Waals surface area contributed by atoms with Crippen molar-refractivity contribution < 1.29 is 43.1 Å². The number of aromatic nitrogens is 2. The fourth-order valence-electron chi connectivity index (χ4n) is 3.12. The first kappa shape index (κ1) is 19.8. The summed E-state index contributed by atoms with van der Waals surface area (Å²) in [6.07, 6.45) is -2.65. The Labute approximate surface area is 175 Å². The zero-order valence-corrected chi connectivity index (χ0v) is 21.1. The van der Waals surface area contributed by atoms with Gasteiger partial charge in [0.2, 0.25) is 0 Å². The molecule has 1 aromatic heterocycles. The first-order valence-electron chi connectivity index (χ1n) is 8.63. The minimum atomic E-state index is -1.58. The Morgan fingerprint density at radius 3 is 2.68 bits per heavy atom. The van der Waals surface area contributed by atoms with Gasteiger partial charge >= 0.3 is 176 Å². The second-order valence-corrected chi connectivity index (χ2v) is 17.4. The molecule has 2 aromatic rings. The molecular weight excluding hydrogens is 573 g/mol. The Morgan fingerprint density at radius 2 is 2.00 bits per heavy atom. The van der Waals surface area contributed by atoms with Crippen LogP contribution in [0.2, 0.25) is 0 Å². The van der Waals surface area contributed by atoms with Crippen molar-refractivity contribution in [2.45, 2.75) is 24.5 Å². The molecule has 12 heteroatoms. The van der Waals surface area contributed by atoms with E-state index in [1.807, 2.05) is 24.3 Å². The molecule has 0 aliphatic carbocycles. The number of benzene rings is 1. The van der Waals surface area contributed by atoms with Gasteiger partial charge in [0.05, 0.1) is 0 Å². The molecule has 3 heterocycles. The third kappa shape index (κ3) is 3.69. The third-order valence-corrected chi connectivity index (χ3v) is 16.2. The number of hydrogen-bond acceptors (Lipinski definition) is 10. The molecule has 10 nitrogen and oxygen atoms in total. The molecule has 8 N–H and O–H groups in total. The summed E-state index contributed by atoms with van der Waals surface area (Å²) in [6.45, 7) is -0.396. The van der Waals surface area contributed by atoms with Gasteiger partial charge < -0.3 is 0 Å². The predicted octanol–water partition coefficient (Wildman–Crippen LogP) is -1.29. The molecule has 0 bridgehead atoms. The molecule has 146 valence electrons. The van der Waals surface area contributed by atoms with Crippen LogP contribution in [0.15, 0.2) is 35.6 Å². The molecule has 0 radical (unpaired) electrons. The van der Waals surface area contributed by atoms with Crippen LogP contribution in [0.3, 0.4) is 0 Å². The van der Waals surface area contributed by atoms with Crippen LogP contribution >= 0.6 is 8.24 Å². The Morgan fingerprint density at radius 1 is 1.25 bits per heavy atom. The van der Waals surface area contributed by atoms with Crippen LogP contribution in [-0.2, 0) is 27.8 Å². The molecule has 0 amide bonds. The number of hydrogen-bond donors (Lipinski definition) is 6. The van der Waals surface area contributed by atoms with Crippen molar-refractivity contribution in [2.75, 3.05) is 17.7 Å². The number of nitrogens with two attached hydrogens (primary N) is 2. The number of nitrogens with zero attached hydrogens (tertiary/aromatic N) is 3. The van der Waals surface area contributed by atoms with Gasteiger partial charge in [-0.1, -0.05) is 0 Å². The fourth-order valence-corrected chi connectivity index (χ4v) is 13.1. The maximum absolute atomic E-state index is 10.3. The summed E-state index contributed by atoms with van der Waals surface area (Å²) in [6, 6.07) is 7.86. The number of aliphatic hydroxyl groups is 3. The molecule has 28 heavy (non-hydrogen) atoms. The Balaban J connectivity index is 1.55. The zero-order chi connectivity index (χ0) is 19.8. The van der Waals surface area contributed by atoms with Crippen LogP contribution < -0.4 is 19.9 Å². The van der Waals surface area contributed by atoms with E-state index in [9.17, 15) is 15.3 Å². The topological polar surface area (TPSA) is 164 Å². The van der Waals surface area contributed by atoms with Gasteiger partial charge in [0.1, 0.15) is 0 Å². The van der Waals surface area contributed by atoms with E-state index in [1.165, 1.54) is 9.40 Å². The Kier molecular flexibility index (Phi) is 5.72. The standard InChI is InChI=1S/C10H13N5O4S.C6H6N.Hg/c11-10-13-7-4(8(20)14-10)12-2-15(7)9-6(18)5(17)3(1-16)19-9;7-6-4-2-1-3-5-6;/h2-3,5-6,9,16-18H,1H2,(H3,11,13,14);2-5H,7H2;/q-2;;+1/t3-,5-,6+,9-;;/m1../s1. The van der Waals surface area contributed by atoms with Crippen LogP contribution in [0.4, 0.5) is 11.5 Å². The number of imidazole rings is 1. The summed E-state index contributed by atoms with van der Waals surface area (Å²) in [5, 5.41) is 33.3. The molecule has 4 atom stereocenters. The van der Waals surface area contributed by atoms with Crippen LogP contribution in [0.25, 0.3) is 0 Å². The zero-order valence-electron chi connectivity index (χ0n) is 14.8. The number of guanidine groups is 1. The van der Waals surface area contributed by atoms with Crippen molar-refractivity contribution in [1.82, 2.24) is 9.55 Å². The van der Waals surface area contributed by atoms with Crippen molar-refractivity contribution in [3.05, 3.63) is 41.7 Å². The van der Waals surface area contributed by atoms with E-state index in [4.69, 9.17) is 16.2 Å². The Hall–Kier alpha value is -1.50. The van der Waals surface area contributed by atoms with Gasteiger partial charge in [0, 0.05) is 0 Å². The van der Waals surface area contributed by atoms with Gasteiger partial charge in [0.25, 0.3) is 0 Å². The Bertz CT molecular complexity index is 879. The molecule has 0 spiro atoms. The average molecular weight is 592 g/mol. The number of anilines is 2. The summed E-state index contributed by atoms with van der Waals surface area (Å²) < 4.78 is 8.46. The molecule has 1 saturated heterocycles. The van der Waals surface area contributed by atoms with E-state index < -0.39 is 54.2 Å². The van der Waals surface area contributed by atoms with Gasteiger partial charge in [-0.2, -0.15) is 0 Å². The summed E-state index contributed by atoms with van der Waals surface area (Å²) >= 11 is -1.58. The van der Waals surface area contributed by atoms with Gasteiger partial charge in [-0.25, -0.2) is 0 Å². The number of ether oxygens (including phenoxy) is 1. The molecule has 0 saturated carbocycles. The SMILES string of the molecule is NC1=N[C-]([S][Hg][c]2ccc(N)cc2)c2ncn([C@@H]3O[C@H](CO)[C@@H](O)[C@@H]3O)c2N1. The van der Waals surface area contributed by atoms with Crippen molar-refractivity contribution in [3.8, 4) is 0 Å². The van der Waals surface area contributed by atoms with E-state index in [-0.39, 0.29) is 5.96 Å². The third-order valence-electron chi connectivity index (χ3n) is 4.61. The first-order valence-corrected chi connectivity index (χ1v) is 19.1. The molecule has 0 unspecified atom stereocenters. The second kappa shape index (κ2) is 8.09. The molecular formula is C16H19HgN6O4S-. The second-order valence-electron chi connectivity index (χ2n) is 6.54. The summed E-state index contributed by atoms with van der Waals surface area (Å²) in [4.78, 5) is 8.80. The van der Waals surface area contributed by atoms with E-state index in [1.54, 1.807) is 12.8 Å². The number of rotatable bonds is 5. The molecule has 1 aromatic carbocycles. The van der Waals surface area contributed by atoms with Crippen molar-refractivity contribution in [2.24, 2.45) is 10.7 Å². The van der Waals surface area contributed by atoms with Gasteiger partial charge in [0.15, 0.2) is 0 Å². The van der Waals surface area contributed by atoms with Crippen molar-refractivity contribution in [1.29, 1.82) is 0 Å². The monoisotopic (exact) mass is 593 g/mol. The van der Waals surface area contributed by atoms with Gasteiger partial charge in [-0.05, 0) is 0 Å². The molecule has 2 aliphatic rings. The van der Waals surface area contributed by atoms with E-state index in [0.29, 0.717) is 11.5 Å². The fraction of sp³-hybridized carbons (Fsp3) is 0.312. The van der Waals surface area contributed by atoms with Crippen molar-refractivity contribution in [3.63, 3.8) is 0 Å². The molecule has 4 rings (SSSR count). The number of fused-ring (bicyclic) bond motifs is 1. The van der Waals surface area contributed by atoms with Gasteiger partial charge in [-0.15, -0.1) is 0 Å². The average Bonchev–Trinajstić information content (AvgIpc) is 3.22. The number of nitrogen functional groups attached to an aromatic ring is 1. The van der Waals surface area contributed by atoms with Crippen LogP contribution in [0.5, 0.6) is 0 Å². The summed E-state index contributed by atoms with van der Waals surface area (Å²) in [7, 11) is 1.69. The van der Waals surface area contributed by atoms with Crippen LogP contribution in [-0.4, -0.2) is 55.7 Å². The normalized spacial score (nSPS) is 26.4. The summed E-state index contributed by atoms with van der Waals surface area (Å²) in [5.41, 5.74) is 13.0. The van der Waals surface area contributed by atoms with E-state index >= 15 is 0 Å². The number of aliphatic hydroxyl groups excluding tert-OH is 3. The first-order chi connectivity index (χ1) is 13.5. The van der Waals surface area contributed by atoms with Crippen molar-refractivity contribution >= 4 is 28.8 Å². The molecule has 1 fully saturated rings. The van der Waals surface area contributed by atoms with E-state index in [0.717, 1.165) is 11.1 Å². The number of nitrogens with one attached hydrogen (secondary N) is 1. The quantitative estimate of drug-likeness (QED) is 0.141. The maximum atomic E-state index is 10.3. The van der Waals surface area contributed by atoms with Crippen LogP contribution in [0, 0.1) is 5.37 Å². The molecule has 2 aliphatic heterocycles. The van der Waals surface area contributed by atoms with Crippen LogP contribution in [0.1, 0.15) is 11.9 Å². The summed E-state index contributed by atoms with van der Waals surface area (Å²) in [5.74, 6) is 0.754. The minimum absolute atomic E-state index is 0.217. The predicted molar refractivity (Wildman–Crippen MR) is 101 cm³/mol.